The Morgan fingerprint density at radius 3 is 2.17 bits per heavy atom. The van der Waals surface area contributed by atoms with Gasteiger partial charge in [-0.1, -0.05) is 12.1 Å². The number of para-hydroxylation sites is 1. The van der Waals surface area contributed by atoms with Crippen molar-refractivity contribution in [1.29, 1.82) is 0 Å². The number of pyridine rings is 1. The lowest BCUT2D eigenvalue weighted by Crippen LogP contribution is -2.36. The number of nitrogens with zero attached hydrogens (tertiary/aromatic N) is 2. The van der Waals surface area contributed by atoms with Gasteiger partial charge in [0.1, 0.15) is 5.82 Å². The molecule has 0 atom stereocenters. The zero-order chi connectivity index (χ0) is 29.3. The summed E-state index contributed by atoms with van der Waals surface area (Å²) in [5.74, 6) is -3.10. The number of morpholine rings is 1. The topological polar surface area (TPSA) is 159 Å². The highest BCUT2D eigenvalue weighted by molar-refractivity contribution is 6.03. The summed E-state index contributed by atoms with van der Waals surface area (Å²) in [4.78, 5) is 39.7. The number of hydrogen-bond acceptors (Lipinski definition) is 8. The molecule has 0 saturated carbocycles. The smallest absolute Gasteiger partial charge is 0.475 e. The molecule has 1 aliphatic heterocycles. The van der Waals surface area contributed by atoms with Crippen molar-refractivity contribution >= 4 is 46.4 Å². The first-order chi connectivity index (χ1) is 19.0. The number of aromatic nitrogens is 1. The van der Waals surface area contributed by atoms with E-state index in [9.17, 15) is 22.8 Å². The van der Waals surface area contributed by atoms with Gasteiger partial charge in [0.05, 0.1) is 35.7 Å². The largest absolute Gasteiger partial charge is 0.490 e. The maximum Gasteiger partial charge on any atom is 0.490 e. The third kappa shape index (κ3) is 8.07. The van der Waals surface area contributed by atoms with Crippen molar-refractivity contribution in [2.75, 3.05) is 48.9 Å². The van der Waals surface area contributed by atoms with Gasteiger partial charge < -0.3 is 36.4 Å². The zero-order valence-electron chi connectivity index (χ0n) is 21.3. The van der Waals surface area contributed by atoms with Crippen LogP contribution in [0.15, 0.2) is 60.8 Å². The molecule has 2 heterocycles. The fourth-order valence-electron chi connectivity index (χ4n) is 3.62. The molecule has 1 aromatic heterocycles. The maximum atomic E-state index is 12.2. The fraction of sp³-hybridized carbons (Fsp3) is 0.231. The number of carboxylic acid groups (broad SMARTS) is 1. The van der Waals surface area contributed by atoms with Crippen molar-refractivity contribution in [1.82, 2.24) is 10.3 Å². The minimum atomic E-state index is -5.08. The Morgan fingerprint density at radius 2 is 1.60 bits per heavy atom. The highest BCUT2D eigenvalue weighted by Crippen LogP contribution is 2.27. The lowest BCUT2D eigenvalue weighted by Gasteiger charge is -2.28. The second-order valence-electron chi connectivity index (χ2n) is 8.30. The molecule has 0 aliphatic carbocycles. The van der Waals surface area contributed by atoms with E-state index in [0.717, 1.165) is 37.7 Å². The number of nitrogens with one attached hydrogen (secondary N) is 3. The first-order valence-electron chi connectivity index (χ1n) is 11.9. The predicted octanol–water partition coefficient (Wildman–Crippen LogP) is 3.50. The quantitative estimate of drug-likeness (QED) is 0.292. The first-order valence-corrected chi connectivity index (χ1v) is 11.9. The van der Waals surface area contributed by atoms with E-state index in [-0.39, 0.29) is 11.5 Å². The van der Waals surface area contributed by atoms with E-state index >= 15 is 0 Å². The summed E-state index contributed by atoms with van der Waals surface area (Å²) in [6, 6.07) is 16.8. The summed E-state index contributed by atoms with van der Waals surface area (Å²) in [6.45, 7) is 3.20. The molecule has 0 bridgehead atoms. The number of nitrogens with two attached hydrogens (primary N) is 1. The zero-order valence-corrected chi connectivity index (χ0v) is 21.3. The van der Waals surface area contributed by atoms with E-state index in [2.05, 4.69) is 25.8 Å². The Bertz CT molecular complexity index is 1350. The van der Waals surface area contributed by atoms with Crippen molar-refractivity contribution < 1.29 is 37.4 Å². The third-order valence-electron chi connectivity index (χ3n) is 5.60. The van der Waals surface area contributed by atoms with Crippen LogP contribution in [0.4, 0.5) is 41.7 Å². The standard InChI is InChI=1S/C24H26N6O3.C2HF3O2/c1-26-24(32)18-4-2-3-5-20(18)29-21-14-22(27-15-19(21)23(25)31)28-16-6-8-17(9-7-16)30-10-12-33-13-11-30;3-2(4,5)1(6)7/h2-9,14-15H,10-13H2,1H3,(H2,25,31)(H,26,32)(H2,27,28,29);(H,6,7). The van der Waals surface area contributed by atoms with Crippen LogP contribution in [-0.2, 0) is 9.53 Å². The highest BCUT2D eigenvalue weighted by Gasteiger charge is 2.38. The third-order valence-corrected chi connectivity index (χ3v) is 5.60. The number of carbonyl (C=O) groups excluding carboxylic acids is 2. The van der Waals surface area contributed by atoms with Crippen molar-refractivity contribution in [2.45, 2.75) is 6.18 Å². The molecule has 1 saturated heterocycles. The Balaban J connectivity index is 0.000000559. The van der Waals surface area contributed by atoms with E-state index in [1.54, 1.807) is 37.4 Å². The number of primary amides is 1. The molecular formula is C26H27F3N6O5. The summed E-state index contributed by atoms with van der Waals surface area (Å²) >= 11 is 0. The van der Waals surface area contributed by atoms with Crippen LogP contribution in [0.25, 0.3) is 0 Å². The van der Waals surface area contributed by atoms with Crippen LogP contribution in [0.5, 0.6) is 0 Å². The fourth-order valence-corrected chi connectivity index (χ4v) is 3.62. The van der Waals surface area contributed by atoms with Crippen LogP contribution in [-0.4, -0.2) is 67.4 Å². The second-order valence-corrected chi connectivity index (χ2v) is 8.30. The lowest BCUT2D eigenvalue weighted by molar-refractivity contribution is -0.192. The number of amides is 2. The van der Waals surface area contributed by atoms with Gasteiger partial charge in [0, 0.05) is 43.8 Å². The van der Waals surface area contributed by atoms with Gasteiger partial charge in [-0.05, 0) is 36.4 Å². The molecule has 2 amide bonds. The van der Waals surface area contributed by atoms with Crippen LogP contribution in [0, 0.1) is 0 Å². The number of halogens is 3. The summed E-state index contributed by atoms with van der Waals surface area (Å²) in [7, 11) is 1.56. The summed E-state index contributed by atoms with van der Waals surface area (Å²) in [6.07, 6.45) is -3.67. The van der Waals surface area contributed by atoms with Crippen LogP contribution >= 0.6 is 0 Å². The van der Waals surface area contributed by atoms with Gasteiger partial charge in [-0.3, -0.25) is 9.59 Å². The van der Waals surface area contributed by atoms with E-state index in [1.165, 1.54) is 6.20 Å². The number of hydrogen-bond donors (Lipinski definition) is 5. The van der Waals surface area contributed by atoms with Gasteiger partial charge in [0.2, 0.25) is 0 Å². The molecule has 4 rings (SSSR count). The lowest BCUT2D eigenvalue weighted by atomic mass is 10.1. The number of ether oxygens (including phenoxy) is 1. The van der Waals surface area contributed by atoms with E-state index < -0.39 is 18.1 Å². The van der Waals surface area contributed by atoms with E-state index in [0.29, 0.717) is 22.8 Å². The Labute approximate surface area is 227 Å². The SMILES string of the molecule is CNC(=O)c1ccccc1Nc1cc(Nc2ccc(N3CCOCC3)cc2)ncc1C(N)=O.O=C(O)C(F)(F)F. The Kier molecular flexibility index (Phi) is 9.86. The van der Waals surface area contributed by atoms with E-state index in [1.807, 2.05) is 24.3 Å². The molecule has 11 nitrogen and oxygen atoms in total. The van der Waals surface area contributed by atoms with Gasteiger partial charge in [0.15, 0.2) is 0 Å². The molecule has 0 spiro atoms. The minimum Gasteiger partial charge on any atom is -0.475 e. The monoisotopic (exact) mass is 560 g/mol. The molecule has 14 heteroatoms. The number of carboxylic acids is 1. The number of aliphatic carboxylic acids is 1. The molecule has 212 valence electrons. The molecule has 3 aromatic rings. The van der Waals surface area contributed by atoms with Crippen LogP contribution in [0.3, 0.4) is 0 Å². The van der Waals surface area contributed by atoms with Gasteiger partial charge in [-0.25, -0.2) is 9.78 Å². The molecule has 0 unspecified atom stereocenters. The predicted molar refractivity (Wildman–Crippen MR) is 142 cm³/mol. The number of carbonyl (C=O) groups is 3. The number of alkyl halides is 3. The molecular weight excluding hydrogens is 533 g/mol. The molecule has 1 aliphatic rings. The number of anilines is 5. The van der Waals surface area contributed by atoms with Crippen molar-refractivity contribution in [3.8, 4) is 0 Å². The van der Waals surface area contributed by atoms with Crippen LogP contribution in [0.1, 0.15) is 20.7 Å². The summed E-state index contributed by atoms with van der Waals surface area (Å²) < 4.78 is 37.1. The first kappa shape index (κ1) is 29.7. The molecule has 2 aromatic carbocycles. The van der Waals surface area contributed by atoms with Gasteiger partial charge in [-0.2, -0.15) is 13.2 Å². The van der Waals surface area contributed by atoms with Crippen molar-refractivity contribution in [3.05, 3.63) is 71.9 Å². The van der Waals surface area contributed by atoms with Gasteiger partial charge in [-0.15, -0.1) is 0 Å². The Morgan fingerprint density at radius 1 is 0.975 bits per heavy atom. The molecule has 40 heavy (non-hydrogen) atoms. The van der Waals surface area contributed by atoms with Gasteiger partial charge >= 0.3 is 12.1 Å². The molecule has 6 N–H and O–H groups in total. The van der Waals surface area contributed by atoms with Crippen LogP contribution < -0.4 is 26.6 Å². The minimum absolute atomic E-state index is 0.218. The molecule has 1 fully saturated rings. The van der Waals surface area contributed by atoms with Crippen molar-refractivity contribution in [2.24, 2.45) is 5.73 Å². The Hall–Kier alpha value is -4.85. The van der Waals surface area contributed by atoms with E-state index in [4.69, 9.17) is 20.4 Å². The average Bonchev–Trinajstić information content (AvgIpc) is 2.93. The van der Waals surface area contributed by atoms with Gasteiger partial charge in [0.25, 0.3) is 11.8 Å². The van der Waals surface area contributed by atoms with Crippen molar-refractivity contribution in [3.63, 3.8) is 0 Å². The summed E-state index contributed by atoms with van der Waals surface area (Å²) in [5.41, 5.74) is 9.19. The average molecular weight is 561 g/mol. The van der Waals surface area contributed by atoms with Crippen LogP contribution in [0.2, 0.25) is 0 Å². The number of rotatable bonds is 7. The normalized spacial score (nSPS) is 12.9. The summed E-state index contributed by atoms with van der Waals surface area (Å²) in [5, 5.41) is 16.1. The molecule has 0 radical (unpaired) electrons. The maximum absolute atomic E-state index is 12.2. The number of benzene rings is 2. The highest BCUT2D eigenvalue weighted by atomic mass is 19.4. The second kappa shape index (κ2) is 13.3.